The maximum Gasteiger partial charge on any atom is 0.410 e. The van der Waals surface area contributed by atoms with Crippen molar-refractivity contribution in [2.45, 2.75) is 58.7 Å². The summed E-state index contributed by atoms with van der Waals surface area (Å²) < 4.78 is 19.5. The highest BCUT2D eigenvalue weighted by atomic mass is 35.5. The summed E-state index contributed by atoms with van der Waals surface area (Å²) >= 11 is 5.75. The molecule has 1 amide bonds. The minimum atomic E-state index is -0.676. The Morgan fingerprint density at radius 2 is 2.04 bits per heavy atom. The van der Waals surface area contributed by atoms with Crippen LogP contribution < -0.4 is 5.32 Å². The van der Waals surface area contributed by atoms with Gasteiger partial charge in [-0.25, -0.2) is 9.18 Å². The van der Waals surface area contributed by atoms with Crippen molar-refractivity contribution >= 4 is 23.5 Å². The van der Waals surface area contributed by atoms with Gasteiger partial charge in [-0.05, 0) is 59.2 Å². The number of halogens is 2. The number of nitrogens with one attached hydrogen (secondary N) is 1. The molecule has 1 N–H and O–H groups in total. The molecule has 0 bridgehead atoms. The maximum atomic E-state index is 14.1. The van der Waals surface area contributed by atoms with Crippen molar-refractivity contribution < 1.29 is 18.7 Å². The summed E-state index contributed by atoms with van der Waals surface area (Å²) in [7, 11) is 0. The molecule has 148 valence electrons. The number of amides is 1. The highest BCUT2D eigenvalue weighted by Gasteiger charge is 2.38. The summed E-state index contributed by atoms with van der Waals surface area (Å²) in [5, 5.41) is 3.43. The molecule has 1 saturated heterocycles. The molecule has 2 rings (SSSR count). The molecule has 1 aliphatic rings. The second-order valence-electron chi connectivity index (χ2n) is 7.87. The molecule has 0 radical (unpaired) electrons. The van der Waals surface area contributed by atoms with Crippen LogP contribution in [0.5, 0.6) is 0 Å². The van der Waals surface area contributed by atoms with Crippen molar-refractivity contribution in [3.05, 3.63) is 46.4 Å². The number of ketones is 1. The van der Waals surface area contributed by atoms with E-state index in [0.29, 0.717) is 18.7 Å². The molecule has 1 aromatic carbocycles. The van der Waals surface area contributed by atoms with Crippen LogP contribution in [0.3, 0.4) is 0 Å². The largest absolute Gasteiger partial charge is 0.444 e. The molecule has 1 atom stereocenters. The predicted molar refractivity (Wildman–Crippen MR) is 103 cm³/mol. The van der Waals surface area contributed by atoms with Crippen LogP contribution in [-0.4, -0.2) is 41.0 Å². The fourth-order valence-electron chi connectivity index (χ4n) is 2.73. The average molecular weight is 397 g/mol. The van der Waals surface area contributed by atoms with E-state index in [4.69, 9.17) is 16.3 Å². The van der Waals surface area contributed by atoms with E-state index in [9.17, 15) is 14.0 Å². The van der Waals surface area contributed by atoms with Crippen LogP contribution in [-0.2, 0) is 4.74 Å². The molecular formula is C20H26ClFN2O3. The van der Waals surface area contributed by atoms with E-state index in [1.54, 1.807) is 25.7 Å². The van der Waals surface area contributed by atoms with E-state index in [2.05, 4.69) is 5.32 Å². The van der Waals surface area contributed by atoms with Gasteiger partial charge in [-0.2, -0.15) is 0 Å². The Balaban J connectivity index is 2.25. The van der Waals surface area contributed by atoms with Crippen LogP contribution in [0.2, 0.25) is 5.02 Å². The molecule has 1 unspecified atom stereocenters. The van der Waals surface area contributed by atoms with E-state index in [1.165, 1.54) is 18.2 Å². The van der Waals surface area contributed by atoms with E-state index < -0.39 is 23.3 Å². The molecule has 0 aromatic heterocycles. The fraction of sp³-hybridized carbons (Fsp3) is 0.500. The van der Waals surface area contributed by atoms with Gasteiger partial charge in [0.25, 0.3) is 0 Å². The SMILES string of the molecule is CC(C)NC(=CC(=O)c1ccc(Cl)cc1F)C1CCN1C(=O)OC(C)(C)C. The van der Waals surface area contributed by atoms with Crippen molar-refractivity contribution in [2.24, 2.45) is 0 Å². The third kappa shape index (κ3) is 5.70. The summed E-state index contributed by atoms with van der Waals surface area (Å²) in [5.41, 5.74) is -0.0958. The number of carbonyl (C=O) groups excluding carboxylic acids is 2. The lowest BCUT2D eigenvalue weighted by Gasteiger charge is -2.43. The molecule has 5 nitrogen and oxygen atoms in total. The number of ether oxygens (including phenoxy) is 1. The van der Waals surface area contributed by atoms with E-state index in [1.807, 2.05) is 13.8 Å². The summed E-state index contributed by atoms with van der Waals surface area (Å²) in [6.07, 6.45) is 1.62. The molecule has 1 aromatic rings. The number of hydrogen-bond donors (Lipinski definition) is 1. The van der Waals surface area contributed by atoms with Crippen molar-refractivity contribution in [1.29, 1.82) is 0 Å². The molecule has 0 aliphatic carbocycles. The monoisotopic (exact) mass is 396 g/mol. The van der Waals surface area contributed by atoms with Crippen LogP contribution in [0.4, 0.5) is 9.18 Å². The van der Waals surface area contributed by atoms with Gasteiger partial charge in [-0.15, -0.1) is 0 Å². The zero-order chi connectivity index (χ0) is 20.4. The highest BCUT2D eigenvalue weighted by Crippen LogP contribution is 2.27. The van der Waals surface area contributed by atoms with Gasteiger partial charge in [0.05, 0.1) is 11.6 Å². The van der Waals surface area contributed by atoms with Gasteiger partial charge in [-0.1, -0.05) is 11.6 Å². The van der Waals surface area contributed by atoms with Gasteiger partial charge in [0.2, 0.25) is 0 Å². The summed E-state index contributed by atoms with van der Waals surface area (Å²) in [4.78, 5) is 26.5. The molecule has 1 fully saturated rings. The number of allylic oxidation sites excluding steroid dienone is 1. The molecule has 1 heterocycles. The summed E-state index contributed by atoms with van der Waals surface area (Å²) in [6, 6.07) is 3.67. The third-order valence-corrected chi connectivity index (χ3v) is 4.18. The second kappa shape index (κ2) is 8.30. The molecule has 1 aliphatic heterocycles. The van der Waals surface area contributed by atoms with Crippen LogP contribution >= 0.6 is 11.6 Å². The van der Waals surface area contributed by atoms with Gasteiger partial charge in [-0.3, -0.25) is 9.69 Å². The van der Waals surface area contributed by atoms with Crippen LogP contribution in [0, 0.1) is 5.82 Å². The molecule has 0 spiro atoms. The Morgan fingerprint density at radius 3 is 2.52 bits per heavy atom. The Kier molecular flexibility index (Phi) is 6.52. The quantitative estimate of drug-likeness (QED) is 0.585. The van der Waals surface area contributed by atoms with Gasteiger partial charge in [0.1, 0.15) is 11.4 Å². The van der Waals surface area contributed by atoms with Crippen molar-refractivity contribution in [2.75, 3.05) is 6.54 Å². The van der Waals surface area contributed by atoms with Crippen molar-refractivity contribution in [3.8, 4) is 0 Å². The van der Waals surface area contributed by atoms with Crippen LogP contribution in [0.1, 0.15) is 51.4 Å². The Labute approximate surface area is 164 Å². The zero-order valence-corrected chi connectivity index (χ0v) is 17.1. The number of benzene rings is 1. The minimum absolute atomic E-state index is 0.0419. The number of carbonyl (C=O) groups is 2. The zero-order valence-electron chi connectivity index (χ0n) is 16.3. The smallest absolute Gasteiger partial charge is 0.410 e. The molecular weight excluding hydrogens is 371 g/mol. The highest BCUT2D eigenvalue weighted by molar-refractivity contribution is 6.30. The van der Waals surface area contributed by atoms with Crippen molar-refractivity contribution in [1.82, 2.24) is 10.2 Å². The predicted octanol–water partition coefficient (Wildman–Crippen LogP) is 4.55. The number of nitrogens with zero attached hydrogens (tertiary/aromatic N) is 1. The van der Waals surface area contributed by atoms with Gasteiger partial charge in [0, 0.05) is 29.4 Å². The lowest BCUT2D eigenvalue weighted by atomic mass is 9.97. The maximum absolute atomic E-state index is 14.1. The topological polar surface area (TPSA) is 58.6 Å². The normalized spacial score (nSPS) is 17.6. The first-order valence-electron chi connectivity index (χ1n) is 8.95. The first kappa shape index (κ1) is 21.2. The van der Waals surface area contributed by atoms with Gasteiger partial charge in [0.15, 0.2) is 5.78 Å². The first-order chi connectivity index (χ1) is 12.5. The lowest BCUT2D eigenvalue weighted by molar-refractivity contribution is -0.000189. The van der Waals surface area contributed by atoms with Crippen molar-refractivity contribution in [3.63, 3.8) is 0 Å². The lowest BCUT2D eigenvalue weighted by Crippen LogP contribution is -2.56. The van der Waals surface area contributed by atoms with Gasteiger partial charge >= 0.3 is 6.09 Å². The average Bonchev–Trinajstić information content (AvgIpc) is 2.42. The van der Waals surface area contributed by atoms with E-state index in [0.717, 1.165) is 6.07 Å². The van der Waals surface area contributed by atoms with Crippen LogP contribution in [0.15, 0.2) is 30.0 Å². The first-order valence-corrected chi connectivity index (χ1v) is 9.33. The number of rotatable bonds is 5. The molecule has 0 saturated carbocycles. The summed E-state index contributed by atoms with van der Waals surface area (Å²) in [6.45, 7) is 9.80. The fourth-order valence-corrected chi connectivity index (χ4v) is 2.88. The molecule has 7 heteroatoms. The molecule has 27 heavy (non-hydrogen) atoms. The number of hydrogen-bond acceptors (Lipinski definition) is 4. The Bertz CT molecular complexity index is 756. The van der Waals surface area contributed by atoms with E-state index >= 15 is 0 Å². The second-order valence-corrected chi connectivity index (χ2v) is 8.30. The van der Waals surface area contributed by atoms with E-state index in [-0.39, 0.29) is 22.7 Å². The Hall–Kier alpha value is -2.08. The minimum Gasteiger partial charge on any atom is -0.444 e. The van der Waals surface area contributed by atoms with Gasteiger partial charge < -0.3 is 10.1 Å². The standard InChI is InChI=1S/C20H26ClFN2O3/c1-12(2)23-16(11-18(25)14-7-6-13(21)10-15(14)22)17-8-9-24(17)19(26)27-20(3,4)5/h6-7,10-12,17,23H,8-9H2,1-5H3. The summed E-state index contributed by atoms with van der Waals surface area (Å²) in [5.74, 6) is -1.16. The third-order valence-electron chi connectivity index (χ3n) is 3.95. The number of likely N-dealkylation sites (tertiary alicyclic amines) is 1. The van der Waals surface area contributed by atoms with Crippen LogP contribution in [0.25, 0.3) is 0 Å². The Morgan fingerprint density at radius 1 is 1.37 bits per heavy atom.